The zero-order valence-electron chi connectivity index (χ0n) is 14.0. The lowest BCUT2D eigenvalue weighted by atomic mass is 10.00. The zero-order chi connectivity index (χ0) is 15.9. The van der Waals surface area contributed by atoms with E-state index in [-0.39, 0.29) is 12.2 Å². The fourth-order valence-corrected chi connectivity index (χ4v) is 2.52. The Hall–Kier alpha value is -0.860. The van der Waals surface area contributed by atoms with Gasteiger partial charge < -0.3 is 5.11 Å². The molecule has 0 fully saturated rings. The van der Waals surface area contributed by atoms with Crippen molar-refractivity contribution in [3.8, 4) is 0 Å². The molecule has 0 unspecified atom stereocenters. The summed E-state index contributed by atoms with van der Waals surface area (Å²) in [5, 5.41) is 8.74. The molecule has 0 bridgehead atoms. The monoisotopic (exact) mass is 298 g/mol. The van der Waals surface area contributed by atoms with Crippen molar-refractivity contribution in [2.24, 2.45) is 5.92 Å². The van der Waals surface area contributed by atoms with Gasteiger partial charge in [0.05, 0.1) is 5.92 Å². The van der Waals surface area contributed by atoms with E-state index < -0.39 is 11.9 Å². The Labute approximate surface area is 130 Å². The molecule has 124 valence electrons. The van der Waals surface area contributed by atoms with Crippen LogP contribution in [0.25, 0.3) is 0 Å². The minimum absolute atomic E-state index is 0.0980. The molecule has 0 radical (unpaired) electrons. The summed E-state index contributed by atoms with van der Waals surface area (Å²) in [4.78, 5) is 22.2. The highest BCUT2D eigenvalue weighted by Crippen LogP contribution is 2.13. The third kappa shape index (κ3) is 13.9. The van der Waals surface area contributed by atoms with E-state index in [1.54, 1.807) is 6.92 Å². The quantitative estimate of drug-likeness (QED) is 0.414. The first kappa shape index (κ1) is 20.1. The zero-order valence-corrected chi connectivity index (χ0v) is 14.0. The van der Waals surface area contributed by atoms with E-state index >= 15 is 0 Å². The van der Waals surface area contributed by atoms with Crippen LogP contribution in [0.3, 0.4) is 0 Å². The molecule has 0 amide bonds. The normalized spacial score (nSPS) is 12.3. The number of unbranched alkanes of at least 4 members (excludes halogenated alkanes) is 10. The molecule has 0 heterocycles. The van der Waals surface area contributed by atoms with Crippen molar-refractivity contribution >= 4 is 11.8 Å². The average molecular weight is 298 g/mol. The molecule has 0 aliphatic heterocycles. The van der Waals surface area contributed by atoms with E-state index in [2.05, 4.69) is 6.92 Å². The third-order valence-corrected chi connectivity index (χ3v) is 4.01. The first-order chi connectivity index (χ1) is 10.1. The van der Waals surface area contributed by atoms with Gasteiger partial charge in [0, 0.05) is 12.8 Å². The van der Waals surface area contributed by atoms with Gasteiger partial charge in [-0.3, -0.25) is 9.59 Å². The van der Waals surface area contributed by atoms with Crippen molar-refractivity contribution in [1.29, 1.82) is 0 Å². The highest BCUT2D eigenvalue weighted by atomic mass is 16.4. The molecule has 0 saturated heterocycles. The number of ketones is 1. The van der Waals surface area contributed by atoms with Crippen LogP contribution in [0.15, 0.2) is 0 Å². The molecule has 3 nitrogen and oxygen atoms in total. The Morgan fingerprint density at radius 2 is 1.24 bits per heavy atom. The second-order valence-electron chi connectivity index (χ2n) is 6.27. The number of hydrogen-bond acceptors (Lipinski definition) is 2. The van der Waals surface area contributed by atoms with Crippen LogP contribution in [0, 0.1) is 5.92 Å². The highest BCUT2D eigenvalue weighted by molar-refractivity contribution is 5.83. The largest absolute Gasteiger partial charge is 0.481 e. The maximum atomic E-state index is 11.6. The lowest BCUT2D eigenvalue weighted by Gasteiger charge is -2.05. The fraction of sp³-hybridized carbons (Fsp3) is 0.889. The van der Waals surface area contributed by atoms with Crippen LogP contribution in [0.5, 0.6) is 0 Å². The van der Waals surface area contributed by atoms with Crippen molar-refractivity contribution in [3.63, 3.8) is 0 Å². The van der Waals surface area contributed by atoms with Gasteiger partial charge in [-0.1, -0.05) is 78.1 Å². The van der Waals surface area contributed by atoms with Crippen molar-refractivity contribution in [2.75, 3.05) is 0 Å². The van der Waals surface area contributed by atoms with Crippen LogP contribution in [0.2, 0.25) is 0 Å². The summed E-state index contributed by atoms with van der Waals surface area (Å²) in [5.41, 5.74) is 0. The summed E-state index contributed by atoms with van der Waals surface area (Å²) >= 11 is 0. The molecule has 3 heteroatoms. The summed E-state index contributed by atoms with van der Waals surface area (Å²) in [5.74, 6) is -1.31. The van der Waals surface area contributed by atoms with Gasteiger partial charge in [0.15, 0.2) is 0 Å². The predicted molar refractivity (Wildman–Crippen MR) is 87.5 cm³/mol. The average Bonchev–Trinajstić information content (AvgIpc) is 2.44. The van der Waals surface area contributed by atoms with E-state index in [9.17, 15) is 9.59 Å². The van der Waals surface area contributed by atoms with E-state index in [4.69, 9.17) is 5.11 Å². The lowest BCUT2D eigenvalue weighted by Crippen LogP contribution is -2.14. The molecule has 1 atom stereocenters. The molecule has 0 aromatic rings. The van der Waals surface area contributed by atoms with Crippen molar-refractivity contribution < 1.29 is 14.7 Å². The number of hydrogen-bond donors (Lipinski definition) is 1. The van der Waals surface area contributed by atoms with Crippen LogP contribution in [0.4, 0.5) is 0 Å². The minimum atomic E-state index is -0.873. The van der Waals surface area contributed by atoms with Crippen LogP contribution in [-0.4, -0.2) is 16.9 Å². The Balaban J connectivity index is 3.25. The van der Waals surface area contributed by atoms with Crippen LogP contribution in [-0.2, 0) is 9.59 Å². The Kier molecular flexibility index (Phi) is 13.5. The van der Waals surface area contributed by atoms with Gasteiger partial charge in [0.25, 0.3) is 0 Å². The molecule has 1 N–H and O–H groups in total. The van der Waals surface area contributed by atoms with Gasteiger partial charge in [-0.05, 0) is 6.42 Å². The molecule has 0 spiro atoms. The highest BCUT2D eigenvalue weighted by Gasteiger charge is 2.14. The predicted octanol–water partition coefficient (Wildman–Crippen LogP) is 5.37. The second kappa shape index (κ2) is 14.1. The Bertz CT molecular complexity index is 274. The molecule has 21 heavy (non-hydrogen) atoms. The van der Waals surface area contributed by atoms with E-state index in [0.29, 0.717) is 6.42 Å². The van der Waals surface area contributed by atoms with Crippen LogP contribution in [0.1, 0.15) is 97.3 Å². The summed E-state index contributed by atoms with van der Waals surface area (Å²) in [6.45, 7) is 3.84. The van der Waals surface area contributed by atoms with Crippen molar-refractivity contribution in [1.82, 2.24) is 0 Å². The molecule has 0 aliphatic rings. The number of carboxylic acid groups (broad SMARTS) is 1. The summed E-state index contributed by atoms with van der Waals surface area (Å²) < 4.78 is 0. The molecule has 0 rings (SSSR count). The van der Waals surface area contributed by atoms with Gasteiger partial charge in [-0.15, -0.1) is 0 Å². The van der Waals surface area contributed by atoms with Crippen molar-refractivity contribution in [3.05, 3.63) is 0 Å². The number of carboxylic acids is 1. The molecular weight excluding hydrogens is 264 g/mol. The molecule has 0 saturated carbocycles. The molecule has 0 aromatic heterocycles. The number of Topliss-reactive ketones (excluding diaryl/α,β-unsaturated/α-hetero) is 1. The molecular formula is C18H34O3. The maximum absolute atomic E-state index is 11.6. The number of rotatable bonds is 15. The third-order valence-electron chi connectivity index (χ3n) is 4.01. The summed E-state index contributed by atoms with van der Waals surface area (Å²) in [7, 11) is 0. The molecule has 0 aliphatic carbocycles. The standard InChI is InChI=1S/C18H34O3/c1-3-4-5-6-7-8-9-10-11-12-13-14-17(19)15-16(2)18(20)21/h16H,3-15H2,1-2H3,(H,20,21)/t16-/m1/s1. The SMILES string of the molecule is CCCCCCCCCCCCCC(=O)C[C@@H](C)C(=O)O. The smallest absolute Gasteiger partial charge is 0.306 e. The van der Waals surface area contributed by atoms with Crippen LogP contribution < -0.4 is 0 Å². The van der Waals surface area contributed by atoms with Gasteiger partial charge >= 0.3 is 5.97 Å². The topological polar surface area (TPSA) is 54.4 Å². The lowest BCUT2D eigenvalue weighted by molar-refractivity contribution is -0.143. The first-order valence-corrected chi connectivity index (χ1v) is 8.82. The first-order valence-electron chi connectivity index (χ1n) is 8.82. The van der Waals surface area contributed by atoms with Gasteiger partial charge in [-0.25, -0.2) is 0 Å². The summed E-state index contributed by atoms with van der Waals surface area (Å²) in [6, 6.07) is 0. The minimum Gasteiger partial charge on any atom is -0.481 e. The van der Waals surface area contributed by atoms with Gasteiger partial charge in [-0.2, -0.15) is 0 Å². The number of carbonyl (C=O) groups excluding carboxylic acids is 1. The van der Waals surface area contributed by atoms with E-state index in [1.807, 2.05) is 0 Å². The number of aliphatic carboxylic acids is 1. The Morgan fingerprint density at radius 1 is 0.810 bits per heavy atom. The second-order valence-corrected chi connectivity index (χ2v) is 6.27. The van der Waals surface area contributed by atoms with E-state index in [1.165, 1.54) is 57.8 Å². The van der Waals surface area contributed by atoms with E-state index in [0.717, 1.165) is 12.8 Å². The summed E-state index contributed by atoms with van der Waals surface area (Å²) in [6.07, 6.45) is 14.7. The van der Waals surface area contributed by atoms with Gasteiger partial charge in [0.1, 0.15) is 5.78 Å². The Morgan fingerprint density at radius 3 is 1.67 bits per heavy atom. The maximum Gasteiger partial charge on any atom is 0.306 e. The van der Waals surface area contributed by atoms with Gasteiger partial charge in [0.2, 0.25) is 0 Å². The fourth-order valence-electron chi connectivity index (χ4n) is 2.52. The van der Waals surface area contributed by atoms with Crippen LogP contribution >= 0.6 is 0 Å². The van der Waals surface area contributed by atoms with Crippen molar-refractivity contribution in [2.45, 2.75) is 97.3 Å². The number of carbonyl (C=O) groups is 2. The molecule has 0 aromatic carbocycles.